The van der Waals surface area contributed by atoms with E-state index in [-0.39, 0.29) is 18.2 Å². The molecule has 5 nitrogen and oxygen atoms in total. The zero-order valence-electron chi connectivity index (χ0n) is 25.8. The first-order valence-electron chi connectivity index (χ1n) is 14.7. The number of ether oxygens (including phenoxy) is 1. The maximum absolute atomic E-state index is 11.3. The molecule has 0 radical (unpaired) electrons. The minimum Gasteiger partial charge on any atom is -0.469 e. The second-order valence-corrected chi connectivity index (χ2v) is 26.7. The summed E-state index contributed by atoms with van der Waals surface area (Å²) >= 11 is 0. The van der Waals surface area contributed by atoms with Gasteiger partial charge in [-0.3, -0.25) is 4.79 Å². The first kappa shape index (κ1) is 36.0. The van der Waals surface area contributed by atoms with Gasteiger partial charge in [0.25, 0.3) is 0 Å². The van der Waals surface area contributed by atoms with Gasteiger partial charge in [0.2, 0.25) is 0 Å². The van der Waals surface area contributed by atoms with E-state index in [1.807, 2.05) is 0 Å². The summed E-state index contributed by atoms with van der Waals surface area (Å²) < 4.78 is 24.2. The largest absolute Gasteiger partial charge is 0.469 e. The third-order valence-electron chi connectivity index (χ3n) is 5.94. The molecule has 36 heavy (non-hydrogen) atoms. The Morgan fingerprint density at radius 3 is 1.33 bits per heavy atom. The molecule has 0 aliphatic carbocycles. The van der Waals surface area contributed by atoms with Crippen molar-refractivity contribution in [3.8, 4) is 0 Å². The average molecular weight is 563 g/mol. The second-order valence-electron chi connectivity index (χ2n) is 13.3. The van der Waals surface area contributed by atoms with Crippen molar-refractivity contribution in [3.63, 3.8) is 0 Å². The minimum atomic E-state index is -1.67. The van der Waals surface area contributed by atoms with E-state index in [9.17, 15) is 4.79 Å². The van der Waals surface area contributed by atoms with Gasteiger partial charge in [0.1, 0.15) is 0 Å². The van der Waals surface area contributed by atoms with Crippen LogP contribution in [0.4, 0.5) is 0 Å². The number of methoxy groups -OCH3 is 1. The van der Waals surface area contributed by atoms with Crippen molar-refractivity contribution in [1.82, 2.24) is 0 Å². The molecule has 0 unspecified atom stereocenters. The third-order valence-corrected chi connectivity index (χ3v) is 9.03. The molecule has 0 saturated carbocycles. The summed E-state index contributed by atoms with van der Waals surface area (Å²) in [7, 11) is -3.23. The second kappa shape index (κ2) is 19.1. The fraction of sp³-hybridized carbons (Fsp3) is 0.964. The van der Waals surface area contributed by atoms with Gasteiger partial charge in [-0.15, -0.1) is 0 Å². The standard InChI is InChI=1S/C28H62O5Si3/c1-30-28(29)24-20-16-13-15-19-23-27(33-36(8,9)10)26(32-35(5,6)7)22-18-14-11-12-17-21-25-31-34(2,3)4/h26-27H,11-25H2,1-10H3/t26-,27+/m1/s1. The fourth-order valence-electron chi connectivity index (χ4n) is 4.33. The van der Waals surface area contributed by atoms with Crippen molar-refractivity contribution in [3.05, 3.63) is 0 Å². The molecule has 8 heteroatoms. The summed E-state index contributed by atoms with van der Waals surface area (Å²) in [6, 6.07) is 0. The molecule has 0 fully saturated rings. The highest BCUT2D eigenvalue weighted by Crippen LogP contribution is 2.25. The zero-order chi connectivity index (χ0) is 27.7. The van der Waals surface area contributed by atoms with E-state index >= 15 is 0 Å². The number of carbonyl (C=O) groups excluding carboxylic acids is 1. The number of carbonyl (C=O) groups is 1. The fourth-order valence-corrected chi connectivity index (χ4v) is 7.44. The highest BCUT2D eigenvalue weighted by Gasteiger charge is 2.31. The molecule has 0 N–H and O–H groups in total. The number of unbranched alkanes of at least 4 members (excludes halogenated alkanes) is 9. The maximum atomic E-state index is 11.3. The van der Waals surface area contributed by atoms with Gasteiger partial charge in [-0.1, -0.05) is 57.8 Å². The normalized spacial score (nSPS) is 14.6. The lowest BCUT2D eigenvalue weighted by atomic mass is 9.99. The zero-order valence-corrected chi connectivity index (χ0v) is 28.8. The van der Waals surface area contributed by atoms with Crippen LogP contribution in [0.15, 0.2) is 0 Å². The van der Waals surface area contributed by atoms with Crippen molar-refractivity contribution in [2.45, 2.75) is 161 Å². The monoisotopic (exact) mass is 562 g/mol. The molecule has 0 rings (SSSR count). The maximum Gasteiger partial charge on any atom is 0.305 e. The summed E-state index contributed by atoms with van der Waals surface area (Å²) in [6.45, 7) is 21.5. The van der Waals surface area contributed by atoms with Crippen molar-refractivity contribution < 1.29 is 22.8 Å². The third kappa shape index (κ3) is 24.3. The van der Waals surface area contributed by atoms with E-state index < -0.39 is 25.0 Å². The first-order valence-corrected chi connectivity index (χ1v) is 24.9. The Kier molecular flexibility index (Phi) is 19.1. The van der Waals surface area contributed by atoms with Gasteiger partial charge in [0.15, 0.2) is 25.0 Å². The predicted molar refractivity (Wildman–Crippen MR) is 162 cm³/mol. The Morgan fingerprint density at radius 1 is 0.556 bits per heavy atom. The predicted octanol–water partition coefficient (Wildman–Crippen LogP) is 8.91. The Balaban J connectivity index is 4.58. The van der Waals surface area contributed by atoms with Gasteiger partial charge in [0.05, 0.1) is 19.3 Å². The summed E-state index contributed by atoms with van der Waals surface area (Å²) in [5, 5.41) is 0. The SMILES string of the molecule is COC(=O)CCCCCCC[C@H](O[Si](C)(C)C)[C@@H](CCCCCCCCO[Si](C)(C)C)O[Si](C)(C)C. The van der Waals surface area contributed by atoms with E-state index in [4.69, 9.17) is 18.0 Å². The first-order chi connectivity index (χ1) is 16.6. The molecular formula is C28H62O5Si3. The molecule has 0 heterocycles. The van der Waals surface area contributed by atoms with Gasteiger partial charge in [-0.05, 0) is 84.6 Å². The molecule has 0 bridgehead atoms. The quantitative estimate of drug-likeness (QED) is 0.0707. The van der Waals surface area contributed by atoms with Gasteiger partial charge >= 0.3 is 5.97 Å². The lowest BCUT2D eigenvalue weighted by molar-refractivity contribution is -0.140. The van der Waals surface area contributed by atoms with Gasteiger partial charge in [0, 0.05) is 13.0 Å². The molecule has 0 spiro atoms. The minimum absolute atomic E-state index is 0.0963. The Bertz CT molecular complexity index is 553. The Labute approximate surface area is 228 Å². The molecular weight excluding hydrogens is 501 g/mol. The average Bonchev–Trinajstić information content (AvgIpc) is 2.73. The lowest BCUT2D eigenvalue weighted by Gasteiger charge is -2.36. The van der Waals surface area contributed by atoms with Crippen molar-refractivity contribution >= 4 is 30.9 Å². The Hall–Kier alpha value is 0.000649. The molecule has 0 aromatic carbocycles. The molecule has 0 aliphatic rings. The number of hydrogen-bond donors (Lipinski definition) is 0. The molecule has 216 valence electrons. The molecule has 0 aliphatic heterocycles. The number of hydrogen-bond acceptors (Lipinski definition) is 5. The van der Waals surface area contributed by atoms with Crippen LogP contribution in [-0.2, 0) is 22.8 Å². The van der Waals surface area contributed by atoms with Crippen molar-refractivity contribution in [2.24, 2.45) is 0 Å². The summed E-state index contributed by atoms with van der Waals surface area (Å²) in [4.78, 5) is 11.3. The highest BCUT2D eigenvalue weighted by molar-refractivity contribution is 6.70. The van der Waals surface area contributed by atoms with Gasteiger partial charge in [-0.25, -0.2) is 0 Å². The van der Waals surface area contributed by atoms with Crippen molar-refractivity contribution in [2.75, 3.05) is 13.7 Å². The van der Waals surface area contributed by atoms with Gasteiger partial charge < -0.3 is 18.0 Å². The van der Waals surface area contributed by atoms with Crippen LogP contribution in [0, 0.1) is 0 Å². The van der Waals surface area contributed by atoms with Gasteiger partial charge in [-0.2, -0.15) is 0 Å². The number of rotatable bonds is 23. The van der Waals surface area contributed by atoms with Crippen LogP contribution in [0.3, 0.4) is 0 Å². The highest BCUT2D eigenvalue weighted by atomic mass is 28.4. The summed E-state index contributed by atoms with van der Waals surface area (Å²) in [5.74, 6) is -0.0963. The summed E-state index contributed by atoms with van der Waals surface area (Å²) in [5.41, 5.74) is 0. The van der Waals surface area contributed by atoms with Crippen LogP contribution in [0.5, 0.6) is 0 Å². The molecule has 0 aromatic heterocycles. The lowest BCUT2D eigenvalue weighted by Crippen LogP contribution is -2.44. The van der Waals surface area contributed by atoms with E-state index in [1.54, 1.807) is 0 Å². The van der Waals surface area contributed by atoms with Crippen LogP contribution >= 0.6 is 0 Å². The van der Waals surface area contributed by atoms with Crippen LogP contribution in [0.2, 0.25) is 58.9 Å². The summed E-state index contributed by atoms with van der Waals surface area (Å²) in [6.07, 6.45) is 16.3. The van der Waals surface area contributed by atoms with Crippen molar-refractivity contribution in [1.29, 1.82) is 0 Å². The van der Waals surface area contributed by atoms with E-state index in [0.717, 1.165) is 32.3 Å². The molecule has 0 amide bonds. The van der Waals surface area contributed by atoms with E-state index in [1.165, 1.54) is 64.9 Å². The van der Waals surface area contributed by atoms with Crippen LogP contribution in [0.25, 0.3) is 0 Å². The molecule has 2 atom stereocenters. The smallest absolute Gasteiger partial charge is 0.305 e. The molecule has 0 saturated heterocycles. The topological polar surface area (TPSA) is 54.0 Å². The number of esters is 1. The van der Waals surface area contributed by atoms with E-state index in [0.29, 0.717) is 6.42 Å². The Morgan fingerprint density at radius 2 is 0.944 bits per heavy atom. The van der Waals surface area contributed by atoms with E-state index in [2.05, 4.69) is 58.9 Å². The van der Waals surface area contributed by atoms with Crippen LogP contribution in [0.1, 0.15) is 89.9 Å². The van der Waals surface area contributed by atoms with Crippen LogP contribution < -0.4 is 0 Å². The molecule has 0 aromatic rings. The van der Waals surface area contributed by atoms with Crippen LogP contribution in [-0.4, -0.2) is 56.8 Å².